The first-order valence-corrected chi connectivity index (χ1v) is 5.30. The van der Waals surface area contributed by atoms with E-state index in [1.165, 1.54) is 19.3 Å². The molecule has 2 nitrogen and oxygen atoms in total. The molecule has 0 unspecified atom stereocenters. The van der Waals surface area contributed by atoms with Crippen LogP contribution in [0.2, 0.25) is 0 Å². The van der Waals surface area contributed by atoms with Gasteiger partial charge in [0.05, 0.1) is 6.07 Å². The molecule has 1 rings (SSSR count). The van der Waals surface area contributed by atoms with Gasteiger partial charge in [0.15, 0.2) is 0 Å². The summed E-state index contributed by atoms with van der Waals surface area (Å²) in [5.41, 5.74) is -0.141. The van der Waals surface area contributed by atoms with Crippen molar-refractivity contribution in [2.45, 2.75) is 51.5 Å². The smallest absolute Gasteiger partial charge is 0.108 e. The topological polar surface area (TPSA) is 27.0 Å². The third-order valence-electron chi connectivity index (χ3n) is 2.74. The maximum absolute atomic E-state index is 9.02. The third-order valence-corrected chi connectivity index (χ3v) is 2.74. The number of hydrogen-bond donors (Lipinski definition) is 0. The molecule has 13 heavy (non-hydrogen) atoms. The second-order valence-electron chi connectivity index (χ2n) is 3.60. The summed E-state index contributed by atoms with van der Waals surface area (Å²) >= 11 is 0. The molecule has 0 spiro atoms. The van der Waals surface area contributed by atoms with Crippen molar-refractivity contribution in [3.63, 3.8) is 0 Å². The summed E-state index contributed by atoms with van der Waals surface area (Å²) in [6.07, 6.45) is 5.84. The van der Waals surface area contributed by atoms with Crippen molar-refractivity contribution < 1.29 is 0 Å². The Morgan fingerprint density at radius 3 is 1.77 bits per heavy atom. The molecule has 0 aliphatic heterocycles. The number of nitrogens with zero attached hydrogens (tertiary/aromatic N) is 2. The first-order valence-electron chi connectivity index (χ1n) is 5.30. The summed E-state index contributed by atoms with van der Waals surface area (Å²) in [5.74, 6) is 0. The van der Waals surface area contributed by atoms with Gasteiger partial charge in [-0.2, -0.15) is 5.26 Å². The first kappa shape index (κ1) is 12.4. The molecule has 1 aliphatic carbocycles. The van der Waals surface area contributed by atoms with Crippen molar-refractivity contribution in [3.8, 4) is 6.07 Å². The summed E-state index contributed by atoms with van der Waals surface area (Å²) in [7, 11) is 4.02. The maximum Gasteiger partial charge on any atom is 0.108 e. The zero-order chi connectivity index (χ0) is 10.3. The molecule has 0 amide bonds. The summed E-state index contributed by atoms with van der Waals surface area (Å²) in [4.78, 5) is 2.08. The van der Waals surface area contributed by atoms with Crippen LogP contribution in [0.1, 0.15) is 46.0 Å². The van der Waals surface area contributed by atoms with Crippen LogP contribution in [0.4, 0.5) is 0 Å². The Morgan fingerprint density at radius 1 is 1.08 bits per heavy atom. The van der Waals surface area contributed by atoms with Crippen molar-refractivity contribution in [2.24, 2.45) is 0 Å². The quantitative estimate of drug-likeness (QED) is 0.623. The molecule has 0 atom stereocenters. The Hall–Kier alpha value is -0.550. The van der Waals surface area contributed by atoms with Gasteiger partial charge in [0.25, 0.3) is 0 Å². The van der Waals surface area contributed by atoms with E-state index in [2.05, 4.69) is 11.0 Å². The van der Waals surface area contributed by atoms with Gasteiger partial charge in [-0.25, -0.2) is 0 Å². The summed E-state index contributed by atoms with van der Waals surface area (Å²) in [5, 5.41) is 9.02. The average Bonchev–Trinajstić information content (AvgIpc) is 2.21. The predicted octanol–water partition coefficient (Wildman–Crippen LogP) is 2.80. The van der Waals surface area contributed by atoms with Crippen LogP contribution in [0.3, 0.4) is 0 Å². The molecule has 0 aromatic carbocycles. The highest BCUT2D eigenvalue weighted by molar-refractivity contribution is 5.08. The molecule has 1 saturated carbocycles. The zero-order valence-corrected chi connectivity index (χ0v) is 9.43. The van der Waals surface area contributed by atoms with Crippen molar-refractivity contribution >= 4 is 0 Å². The van der Waals surface area contributed by atoms with Crippen LogP contribution in [0.25, 0.3) is 0 Å². The minimum Gasteiger partial charge on any atom is -0.292 e. The first-order chi connectivity index (χ1) is 6.21. The number of rotatable bonds is 1. The summed E-state index contributed by atoms with van der Waals surface area (Å²) in [6, 6.07) is 2.44. The summed E-state index contributed by atoms with van der Waals surface area (Å²) < 4.78 is 0. The zero-order valence-electron chi connectivity index (χ0n) is 9.43. The fraction of sp³-hybridized carbons (Fsp3) is 0.909. The molecule has 0 radical (unpaired) electrons. The minimum atomic E-state index is -0.141. The highest BCUT2D eigenvalue weighted by Crippen LogP contribution is 2.31. The second kappa shape index (κ2) is 5.99. The highest BCUT2D eigenvalue weighted by Gasteiger charge is 2.33. The minimum absolute atomic E-state index is 0.141. The van der Waals surface area contributed by atoms with Crippen LogP contribution in [0.15, 0.2) is 0 Å². The van der Waals surface area contributed by atoms with E-state index in [9.17, 15) is 0 Å². The molecule has 0 bridgehead atoms. The normalized spacial score (nSPS) is 20.0. The van der Waals surface area contributed by atoms with E-state index < -0.39 is 0 Å². The van der Waals surface area contributed by atoms with E-state index in [4.69, 9.17) is 5.26 Å². The van der Waals surface area contributed by atoms with Gasteiger partial charge in [-0.1, -0.05) is 33.1 Å². The van der Waals surface area contributed by atoms with E-state index in [-0.39, 0.29) is 5.54 Å². The molecule has 2 heteroatoms. The fourth-order valence-electron chi connectivity index (χ4n) is 1.80. The van der Waals surface area contributed by atoms with Crippen molar-refractivity contribution in [2.75, 3.05) is 14.1 Å². The average molecular weight is 182 g/mol. The Labute approximate surface area is 82.5 Å². The van der Waals surface area contributed by atoms with E-state index in [0.717, 1.165) is 12.8 Å². The lowest BCUT2D eigenvalue weighted by Gasteiger charge is -2.36. The van der Waals surface area contributed by atoms with Crippen LogP contribution in [-0.2, 0) is 0 Å². The lowest BCUT2D eigenvalue weighted by Crippen LogP contribution is -2.44. The Bertz CT molecular complexity index is 161. The van der Waals surface area contributed by atoms with Crippen LogP contribution in [0.5, 0.6) is 0 Å². The molecule has 0 saturated heterocycles. The van der Waals surface area contributed by atoms with Crippen molar-refractivity contribution in [1.82, 2.24) is 4.90 Å². The van der Waals surface area contributed by atoms with Crippen molar-refractivity contribution in [3.05, 3.63) is 0 Å². The van der Waals surface area contributed by atoms with Gasteiger partial charge in [-0.3, -0.25) is 4.90 Å². The highest BCUT2D eigenvalue weighted by atomic mass is 15.1. The molecule has 0 heterocycles. The van der Waals surface area contributed by atoms with E-state index in [0.29, 0.717) is 0 Å². The monoisotopic (exact) mass is 182 g/mol. The van der Waals surface area contributed by atoms with Gasteiger partial charge >= 0.3 is 0 Å². The molecule has 0 aromatic heterocycles. The van der Waals surface area contributed by atoms with Gasteiger partial charge in [0.2, 0.25) is 0 Å². The summed E-state index contributed by atoms with van der Waals surface area (Å²) in [6.45, 7) is 4.00. The predicted molar refractivity (Wildman–Crippen MR) is 56.5 cm³/mol. The molecule has 76 valence electrons. The maximum atomic E-state index is 9.02. The van der Waals surface area contributed by atoms with Crippen molar-refractivity contribution in [1.29, 1.82) is 5.26 Å². The van der Waals surface area contributed by atoms with Gasteiger partial charge in [0, 0.05) is 0 Å². The van der Waals surface area contributed by atoms with E-state index in [1.807, 2.05) is 27.9 Å². The third kappa shape index (κ3) is 3.00. The second-order valence-corrected chi connectivity index (χ2v) is 3.60. The molecular weight excluding hydrogens is 160 g/mol. The lowest BCUT2D eigenvalue weighted by atomic mass is 9.82. The Kier molecular flexibility index (Phi) is 5.73. The van der Waals surface area contributed by atoms with Gasteiger partial charge < -0.3 is 0 Å². The molecule has 0 aromatic rings. The van der Waals surface area contributed by atoms with E-state index >= 15 is 0 Å². The van der Waals surface area contributed by atoms with Gasteiger partial charge in [-0.05, 0) is 26.9 Å². The Morgan fingerprint density at radius 2 is 1.54 bits per heavy atom. The number of hydrogen-bond acceptors (Lipinski definition) is 2. The van der Waals surface area contributed by atoms with Crippen LogP contribution in [0, 0.1) is 11.3 Å². The van der Waals surface area contributed by atoms with Gasteiger partial charge in [0.1, 0.15) is 5.54 Å². The van der Waals surface area contributed by atoms with Crippen LogP contribution < -0.4 is 0 Å². The molecular formula is C11H22N2. The largest absolute Gasteiger partial charge is 0.292 e. The Balaban J connectivity index is 0.000000671. The lowest BCUT2D eigenvalue weighted by molar-refractivity contribution is 0.158. The molecule has 0 N–H and O–H groups in total. The standard InChI is InChI=1S/C9H16N2.C2H6/c1-11(2)9(8-10)6-4-3-5-7-9;1-2/h3-7H2,1-2H3;1-2H3. The fourth-order valence-corrected chi connectivity index (χ4v) is 1.80. The molecule has 1 fully saturated rings. The molecule has 1 aliphatic rings. The van der Waals surface area contributed by atoms with Crippen LogP contribution in [-0.4, -0.2) is 24.5 Å². The van der Waals surface area contributed by atoms with Gasteiger partial charge in [-0.15, -0.1) is 0 Å². The van der Waals surface area contributed by atoms with E-state index in [1.54, 1.807) is 0 Å². The SMILES string of the molecule is CC.CN(C)C1(C#N)CCCCC1. The van der Waals surface area contributed by atoms with Crippen LogP contribution >= 0.6 is 0 Å². The number of nitriles is 1.